The SMILES string of the molecule is Cc1ccc(S(=O)(=O)N(CCC2=CCCC=C2)C(=O)OC(C)(C)C)cc1. The fourth-order valence-corrected chi connectivity index (χ4v) is 3.84. The summed E-state index contributed by atoms with van der Waals surface area (Å²) in [5.74, 6) is 0. The topological polar surface area (TPSA) is 63.7 Å². The first-order valence-electron chi connectivity index (χ1n) is 8.77. The first-order chi connectivity index (χ1) is 12.1. The molecule has 0 saturated carbocycles. The van der Waals surface area contributed by atoms with E-state index in [0.29, 0.717) is 6.42 Å². The molecule has 0 aliphatic heterocycles. The number of nitrogens with zero attached hydrogens (tertiary/aromatic N) is 1. The quantitative estimate of drug-likeness (QED) is 0.753. The zero-order chi connectivity index (χ0) is 19.4. The molecule has 1 aliphatic rings. The zero-order valence-electron chi connectivity index (χ0n) is 15.9. The van der Waals surface area contributed by atoms with Crippen molar-refractivity contribution in [2.45, 2.75) is 57.5 Å². The average Bonchev–Trinajstić information content (AvgIpc) is 2.54. The van der Waals surface area contributed by atoms with E-state index in [9.17, 15) is 13.2 Å². The van der Waals surface area contributed by atoms with Crippen molar-refractivity contribution >= 4 is 16.1 Å². The summed E-state index contributed by atoms with van der Waals surface area (Å²) in [6.07, 6.45) is 7.64. The van der Waals surface area contributed by atoms with Crippen molar-refractivity contribution in [3.8, 4) is 0 Å². The maximum atomic E-state index is 13.0. The van der Waals surface area contributed by atoms with Gasteiger partial charge in [0, 0.05) is 6.54 Å². The summed E-state index contributed by atoms with van der Waals surface area (Å²) in [6.45, 7) is 7.07. The van der Waals surface area contributed by atoms with Crippen molar-refractivity contribution in [1.29, 1.82) is 0 Å². The van der Waals surface area contributed by atoms with Crippen molar-refractivity contribution < 1.29 is 17.9 Å². The molecule has 0 N–H and O–H groups in total. The molecule has 0 unspecified atom stereocenters. The molecule has 6 heteroatoms. The third-order valence-electron chi connectivity index (χ3n) is 3.88. The molecule has 142 valence electrons. The molecule has 2 rings (SSSR count). The summed E-state index contributed by atoms with van der Waals surface area (Å²) in [6, 6.07) is 6.46. The number of aryl methyl sites for hydroxylation is 1. The molecule has 5 nitrogen and oxygen atoms in total. The lowest BCUT2D eigenvalue weighted by atomic mass is 10.0. The van der Waals surface area contributed by atoms with Crippen molar-refractivity contribution in [2.75, 3.05) is 6.54 Å². The van der Waals surface area contributed by atoms with Crippen LogP contribution in [0.2, 0.25) is 0 Å². The van der Waals surface area contributed by atoms with Crippen LogP contribution in [-0.4, -0.2) is 31.0 Å². The standard InChI is InChI=1S/C20H27NO4S/c1-16-10-12-18(13-11-16)26(23,24)21(19(22)25-20(2,3)4)15-14-17-8-6-5-7-9-17/h6,8-13H,5,7,14-15H2,1-4H3. The van der Waals surface area contributed by atoms with E-state index < -0.39 is 21.7 Å². The summed E-state index contributed by atoms with van der Waals surface area (Å²) in [5, 5.41) is 0. The van der Waals surface area contributed by atoms with Gasteiger partial charge in [0.15, 0.2) is 0 Å². The van der Waals surface area contributed by atoms with Gasteiger partial charge >= 0.3 is 6.09 Å². The second-order valence-electron chi connectivity index (χ2n) is 7.38. The maximum Gasteiger partial charge on any atom is 0.424 e. The number of sulfonamides is 1. The summed E-state index contributed by atoms with van der Waals surface area (Å²) < 4.78 is 32.2. The average molecular weight is 378 g/mol. The van der Waals surface area contributed by atoms with Gasteiger partial charge in [-0.1, -0.05) is 41.5 Å². The van der Waals surface area contributed by atoms with Gasteiger partial charge in [-0.2, -0.15) is 0 Å². The highest BCUT2D eigenvalue weighted by molar-refractivity contribution is 7.89. The van der Waals surface area contributed by atoms with Gasteiger partial charge in [0.2, 0.25) is 0 Å². The van der Waals surface area contributed by atoms with Crippen LogP contribution in [0.4, 0.5) is 4.79 Å². The molecule has 0 atom stereocenters. The second kappa shape index (κ2) is 8.08. The van der Waals surface area contributed by atoms with Crippen LogP contribution >= 0.6 is 0 Å². The first-order valence-corrected chi connectivity index (χ1v) is 10.2. The molecule has 0 heterocycles. The van der Waals surface area contributed by atoms with Crippen LogP contribution in [0.3, 0.4) is 0 Å². The van der Waals surface area contributed by atoms with E-state index in [1.54, 1.807) is 32.9 Å². The van der Waals surface area contributed by atoms with Gasteiger partial charge in [-0.15, -0.1) is 0 Å². The minimum atomic E-state index is -3.98. The van der Waals surface area contributed by atoms with E-state index in [2.05, 4.69) is 12.2 Å². The summed E-state index contributed by atoms with van der Waals surface area (Å²) in [7, 11) is -3.98. The second-order valence-corrected chi connectivity index (χ2v) is 9.24. The summed E-state index contributed by atoms with van der Waals surface area (Å²) in [5.41, 5.74) is 1.21. The van der Waals surface area contributed by atoms with Crippen molar-refractivity contribution in [1.82, 2.24) is 4.31 Å². The maximum absolute atomic E-state index is 13.0. The summed E-state index contributed by atoms with van der Waals surface area (Å²) in [4.78, 5) is 12.7. The van der Waals surface area contributed by atoms with Crippen molar-refractivity contribution in [3.63, 3.8) is 0 Å². The van der Waals surface area contributed by atoms with Crippen LogP contribution in [0.25, 0.3) is 0 Å². The Balaban J connectivity index is 2.29. The van der Waals surface area contributed by atoms with Crippen LogP contribution in [0.1, 0.15) is 45.6 Å². The van der Waals surface area contributed by atoms with Crippen LogP contribution in [0.5, 0.6) is 0 Å². The Morgan fingerprint density at radius 2 is 1.81 bits per heavy atom. The molecule has 0 fully saturated rings. The van der Waals surface area contributed by atoms with Crippen LogP contribution < -0.4 is 0 Å². The highest BCUT2D eigenvalue weighted by Gasteiger charge is 2.32. The number of hydrogen-bond donors (Lipinski definition) is 0. The Kier molecular flexibility index (Phi) is 6.29. The number of carbonyl (C=O) groups excluding carboxylic acids is 1. The molecule has 26 heavy (non-hydrogen) atoms. The number of hydrogen-bond acceptors (Lipinski definition) is 4. The van der Waals surface area contributed by atoms with Gasteiger partial charge in [-0.25, -0.2) is 17.5 Å². The fourth-order valence-electron chi connectivity index (χ4n) is 2.54. The predicted octanol–water partition coefficient (Wildman–Crippen LogP) is 4.59. The van der Waals surface area contributed by atoms with Crippen LogP contribution in [0.15, 0.2) is 53.0 Å². The highest BCUT2D eigenvalue weighted by atomic mass is 32.2. The minimum absolute atomic E-state index is 0.0430. The zero-order valence-corrected chi connectivity index (χ0v) is 16.7. The number of allylic oxidation sites excluding steroid dienone is 3. The van der Waals surface area contributed by atoms with E-state index in [1.165, 1.54) is 12.1 Å². The van der Waals surface area contributed by atoms with Gasteiger partial charge in [0.1, 0.15) is 5.60 Å². The van der Waals surface area contributed by atoms with E-state index in [-0.39, 0.29) is 11.4 Å². The Morgan fingerprint density at radius 3 is 2.35 bits per heavy atom. The largest absolute Gasteiger partial charge is 0.443 e. The smallest absolute Gasteiger partial charge is 0.424 e. The van der Waals surface area contributed by atoms with Crippen LogP contribution in [-0.2, 0) is 14.8 Å². The number of ether oxygens (including phenoxy) is 1. The van der Waals surface area contributed by atoms with E-state index in [4.69, 9.17) is 4.74 Å². The Hall–Kier alpha value is -2.08. The molecule has 1 aromatic carbocycles. The van der Waals surface area contributed by atoms with E-state index in [0.717, 1.165) is 28.3 Å². The van der Waals surface area contributed by atoms with Crippen molar-refractivity contribution in [2.24, 2.45) is 0 Å². The van der Waals surface area contributed by atoms with E-state index >= 15 is 0 Å². The van der Waals surface area contributed by atoms with Gasteiger partial charge in [-0.3, -0.25) is 0 Å². The third-order valence-corrected chi connectivity index (χ3v) is 5.66. The molecule has 0 radical (unpaired) electrons. The molecule has 0 aromatic heterocycles. The lowest BCUT2D eigenvalue weighted by Gasteiger charge is -2.27. The Bertz CT molecular complexity index is 799. The highest BCUT2D eigenvalue weighted by Crippen LogP contribution is 2.22. The van der Waals surface area contributed by atoms with Gasteiger partial charge in [0.25, 0.3) is 10.0 Å². The normalized spacial score (nSPS) is 14.7. The van der Waals surface area contributed by atoms with E-state index in [1.807, 2.05) is 13.0 Å². The summed E-state index contributed by atoms with van der Waals surface area (Å²) >= 11 is 0. The number of rotatable bonds is 5. The molecule has 1 aliphatic carbocycles. The minimum Gasteiger partial charge on any atom is -0.443 e. The number of carbonyl (C=O) groups is 1. The predicted molar refractivity (Wildman–Crippen MR) is 102 cm³/mol. The Morgan fingerprint density at radius 1 is 1.15 bits per heavy atom. The molecule has 1 aromatic rings. The van der Waals surface area contributed by atoms with Gasteiger partial charge in [0.05, 0.1) is 4.90 Å². The van der Waals surface area contributed by atoms with Gasteiger partial charge < -0.3 is 4.74 Å². The van der Waals surface area contributed by atoms with Crippen molar-refractivity contribution in [3.05, 3.63) is 53.6 Å². The monoisotopic (exact) mass is 377 g/mol. The fraction of sp³-hybridized carbons (Fsp3) is 0.450. The molecule has 0 bridgehead atoms. The molecule has 0 spiro atoms. The van der Waals surface area contributed by atoms with Crippen LogP contribution in [0, 0.1) is 6.92 Å². The molecule has 0 saturated heterocycles. The molecular formula is C20H27NO4S. The third kappa shape index (κ3) is 5.46. The lowest BCUT2D eigenvalue weighted by Crippen LogP contribution is -2.41. The molecular weight excluding hydrogens is 350 g/mol. The molecule has 1 amide bonds. The lowest BCUT2D eigenvalue weighted by molar-refractivity contribution is 0.0392. The first kappa shape index (κ1) is 20.2. The number of amides is 1. The van der Waals surface area contributed by atoms with Gasteiger partial charge in [-0.05, 0) is 59.1 Å². The number of benzene rings is 1. The Labute approximate surface area is 156 Å².